The van der Waals surface area contributed by atoms with E-state index in [0.717, 1.165) is 33.3 Å². The SMILES string of the molecule is c1ccc2c(c1)-c1ccccc1C21c2ccccc2-c2c(Nc3cccc4oc5ccccc5c34)cccc21. The standard InChI is InChI=1S/C37H23NO/c1-5-15-27-23(11-1)24-12-2-6-16-28(24)37(27)29-17-7-3-13-25(29)35-30(37)18-9-19-31(35)38-32-20-10-22-34-36(32)26-14-4-8-21-33(26)39-34/h1-22,38H. The van der Waals surface area contributed by atoms with E-state index in [4.69, 9.17) is 4.42 Å². The number of benzene rings is 6. The third kappa shape index (κ3) is 2.56. The van der Waals surface area contributed by atoms with Crippen molar-refractivity contribution in [1.82, 2.24) is 0 Å². The Morgan fingerprint density at radius 3 is 1.74 bits per heavy atom. The van der Waals surface area contributed by atoms with Gasteiger partial charge in [0.15, 0.2) is 0 Å². The summed E-state index contributed by atoms with van der Waals surface area (Å²) >= 11 is 0. The third-order valence-corrected chi connectivity index (χ3v) is 8.69. The van der Waals surface area contributed by atoms with Gasteiger partial charge in [0.25, 0.3) is 0 Å². The number of furan rings is 1. The highest BCUT2D eigenvalue weighted by Gasteiger charge is 2.51. The summed E-state index contributed by atoms with van der Waals surface area (Å²) in [5, 5.41) is 6.10. The van der Waals surface area contributed by atoms with Crippen LogP contribution in [0.4, 0.5) is 11.4 Å². The van der Waals surface area contributed by atoms with Crippen molar-refractivity contribution in [2.75, 3.05) is 5.32 Å². The van der Waals surface area contributed by atoms with Crippen molar-refractivity contribution in [3.05, 3.63) is 156 Å². The maximum Gasteiger partial charge on any atom is 0.137 e. The molecule has 6 aromatic carbocycles. The van der Waals surface area contributed by atoms with Gasteiger partial charge >= 0.3 is 0 Å². The molecule has 9 rings (SSSR count). The van der Waals surface area contributed by atoms with Crippen LogP contribution in [0.5, 0.6) is 0 Å². The first kappa shape index (κ1) is 20.9. The van der Waals surface area contributed by atoms with E-state index >= 15 is 0 Å². The first-order chi connectivity index (χ1) is 19.4. The van der Waals surface area contributed by atoms with Crippen molar-refractivity contribution in [2.45, 2.75) is 5.41 Å². The van der Waals surface area contributed by atoms with Crippen LogP contribution >= 0.6 is 0 Å². The molecular formula is C37H23NO. The molecule has 39 heavy (non-hydrogen) atoms. The predicted octanol–water partition coefficient (Wildman–Crippen LogP) is 9.67. The number of hydrogen-bond acceptors (Lipinski definition) is 2. The van der Waals surface area contributed by atoms with Crippen LogP contribution < -0.4 is 5.32 Å². The summed E-state index contributed by atoms with van der Waals surface area (Å²) in [5.74, 6) is 0. The van der Waals surface area contributed by atoms with Crippen molar-refractivity contribution in [3.8, 4) is 22.3 Å². The molecule has 0 saturated heterocycles. The van der Waals surface area contributed by atoms with Gasteiger partial charge in [0.1, 0.15) is 11.2 Å². The van der Waals surface area contributed by atoms with Crippen LogP contribution in [0.15, 0.2) is 138 Å². The molecule has 2 nitrogen and oxygen atoms in total. The van der Waals surface area contributed by atoms with Crippen LogP contribution in [0, 0.1) is 0 Å². The third-order valence-electron chi connectivity index (χ3n) is 8.69. The second-order valence-electron chi connectivity index (χ2n) is 10.5. The zero-order chi connectivity index (χ0) is 25.6. The largest absolute Gasteiger partial charge is 0.456 e. The van der Waals surface area contributed by atoms with E-state index in [1.54, 1.807) is 0 Å². The minimum Gasteiger partial charge on any atom is -0.456 e. The van der Waals surface area contributed by atoms with Crippen LogP contribution in [0.25, 0.3) is 44.2 Å². The molecule has 0 saturated carbocycles. The molecule has 0 bridgehead atoms. The zero-order valence-corrected chi connectivity index (χ0v) is 21.1. The van der Waals surface area contributed by atoms with Gasteiger partial charge in [-0.15, -0.1) is 0 Å². The summed E-state index contributed by atoms with van der Waals surface area (Å²) in [6.07, 6.45) is 0. The molecule has 2 aliphatic carbocycles. The Hall–Kier alpha value is -5.08. The number of nitrogens with one attached hydrogen (secondary N) is 1. The Morgan fingerprint density at radius 2 is 0.974 bits per heavy atom. The molecule has 1 N–H and O–H groups in total. The van der Waals surface area contributed by atoms with Crippen LogP contribution in [0.1, 0.15) is 22.3 Å². The maximum atomic E-state index is 6.19. The molecule has 1 aromatic heterocycles. The Balaban J connectivity index is 1.34. The van der Waals surface area contributed by atoms with Crippen LogP contribution in [-0.2, 0) is 5.41 Å². The van der Waals surface area contributed by atoms with E-state index in [9.17, 15) is 0 Å². The highest BCUT2D eigenvalue weighted by Crippen LogP contribution is 2.63. The molecule has 0 fully saturated rings. The number of anilines is 2. The van der Waals surface area contributed by atoms with E-state index in [2.05, 4.69) is 121 Å². The molecule has 2 heteroatoms. The van der Waals surface area contributed by atoms with E-state index in [1.807, 2.05) is 18.2 Å². The normalized spacial score (nSPS) is 13.8. The summed E-state index contributed by atoms with van der Waals surface area (Å²) in [6.45, 7) is 0. The average molecular weight is 498 g/mol. The minimum absolute atomic E-state index is 0.342. The van der Waals surface area contributed by atoms with Gasteiger partial charge in [-0.25, -0.2) is 0 Å². The molecule has 2 aliphatic rings. The minimum atomic E-state index is -0.342. The Morgan fingerprint density at radius 1 is 0.436 bits per heavy atom. The first-order valence-corrected chi connectivity index (χ1v) is 13.5. The Bertz CT molecular complexity index is 2070. The molecule has 7 aromatic rings. The molecule has 0 radical (unpaired) electrons. The van der Waals surface area contributed by atoms with E-state index in [-0.39, 0.29) is 5.41 Å². The quantitative estimate of drug-likeness (QED) is 0.257. The fraction of sp³-hybridized carbons (Fsp3) is 0.0270. The molecule has 0 unspecified atom stereocenters. The van der Waals surface area contributed by atoms with Crippen molar-refractivity contribution in [2.24, 2.45) is 0 Å². The summed E-state index contributed by atoms with van der Waals surface area (Å²) in [7, 11) is 0. The number of para-hydroxylation sites is 1. The lowest BCUT2D eigenvalue weighted by Gasteiger charge is -2.30. The van der Waals surface area contributed by atoms with Gasteiger partial charge in [-0.3, -0.25) is 0 Å². The van der Waals surface area contributed by atoms with Crippen molar-refractivity contribution in [1.29, 1.82) is 0 Å². The number of hydrogen-bond donors (Lipinski definition) is 1. The van der Waals surface area contributed by atoms with Gasteiger partial charge in [0.2, 0.25) is 0 Å². The van der Waals surface area contributed by atoms with Gasteiger partial charge in [0.05, 0.1) is 16.5 Å². The van der Waals surface area contributed by atoms with E-state index in [0.29, 0.717) is 0 Å². The summed E-state index contributed by atoms with van der Waals surface area (Å²) < 4.78 is 6.19. The fourth-order valence-electron chi connectivity index (χ4n) is 7.27. The van der Waals surface area contributed by atoms with Crippen LogP contribution in [0.3, 0.4) is 0 Å². The molecule has 1 heterocycles. The Labute approximate surface area is 226 Å². The molecular weight excluding hydrogens is 474 g/mol. The lowest BCUT2D eigenvalue weighted by molar-refractivity contribution is 0.669. The van der Waals surface area contributed by atoms with Crippen molar-refractivity contribution < 1.29 is 4.42 Å². The van der Waals surface area contributed by atoms with Crippen LogP contribution in [0.2, 0.25) is 0 Å². The lowest BCUT2D eigenvalue weighted by atomic mass is 9.70. The first-order valence-electron chi connectivity index (χ1n) is 13.5. The second-order valence-corrected chi connectivity index (χ2v) is 10.5. The van der Waals surface area contributed by atoms with Crippen LogP contribution in [-0.4, -0.2) is 0 Å². The number of fused-ring (bicyclic) bond motifs is 13. The second kappa shape index (κ2) is 7.49. The fourth-order valence-corrected chi connectivity index (χ4v) is 7.27. The summed E-state index contributed by atoms with van der Waals surface area (Å²) in [4.78, 5) is 0. The molecule has 0 atom stereocenters. The Kier molecular flexibility index (Phi) is 4.02. The topological polar surface area (TPSA) is 25.2 Å². The van der Waals surface area contributed by atoms with Gasteiger partial charge in [0, 0.05) is 16.6 Å². The van der Waals surface area contributed by atoms with Crippen molar-refractivity contribution in [3.63, 3.8) is 0 Å². The highest BCUT2D eigenvalue weighted by molar-refractivity contribution is 6.12. The monoisotopic (exact) mass is 497 g/mol. The summed E-state index contributed by atoms with van der Waals surface area (Å²) in [6, 6.07) is 48.1. The smallest absolute Gasteiger partial charge is 0.137 e. The lowest BCUT2D eigenvalue weighted by Crippen LogP contribution is -2.25. The molecule has 182 valence electrons. The van der Waals surface area contributed by atoms with Gasteiger partial charge in [-0.2, -0.15) is 0 Å². The van der Waals surface area contributed by atoms with Gasteiger partial charge < -0.3 is 9.73 Å². The van der Waals surface area contributed by atoms with Gasteiger partial charge in [-0.05, 0) is 63.2 Å². The average Bonchev–Trinajstić information content (AvgIpc) is 3.62. The molecule has 0 aliphatic heterocycles. The van der Waals surface area contributed by atoms with Gasteiger partial charge in [-0.1, -0.05) is 109 Å². The highest BCUT2D eigenvalue weighted by atomic mass is 16.3. The van der Waals surface area contributed by atoms with Crippen molar-refractivity contribution >= 4 is 33.3 Å². The predicted molar refractivity (Wildman–Crippen MR) is 160 cm³/mol. The van der Waals surface area contributed by atoms with E-state index in [1.165, 1.54) is 44.5 Å². The number of rotatable bonds is 2. The summed E-state index contributed by atoms with van der Waals surface area (Å²) in [5.41, 5.74) is 14.2. The maximum absolute atomic E-state index is 6.19. The zero-order valence-electron chi connectivity index (χ0n) is 21.1. The molecule has 0 amide bonds. The van der Waals surface area contributed by atoms with E-state index < -0.39 is 0 Å². The molecule has 1 spiro atoms.